The lowest BCUT2D eigenvalue weighted by molar-refractivity contribution is 0.00578. The Hall–Kier alpha value is -9.36. The fourth-order valence-corrected chi connectivity index (χ4v) is 14.7. The number of ether oxygens (including phenoxy) is 3. The maximum absolute atomic E-state index is 11.6. The topological polar surface area (TPSA) is 327 Å². The van der Waals surface area contributed by atoms with Crippen LogP contribution in [0.4, 0.5) is 0 Å². The van der Waals surface area contributed by atoms with E-state index in [2.05, 4.69) is 60.5 Å². The number of phenols is 3. The standard InChI is InChI=1S/C28H28BClN2O5.C21H24BClO5.C14H20BClO2.C14H21BO3.C8H9BrO.C7H5ClN2.C7H5ClO3/c1-18-21(7-6-8-23(18)29-36-27(2,3)28(4,5)37-29)17-35-26-11-25(22(15-33)10-24(26)30)34-16-20-9-19(12-31)13-32-14-20;1-13-14(12-26-19-10-18(25)15(11-24)9-17(19)23)7-6-8-16(13)22-27-20(2,3)21(4,5)28-22;2*1-10-11(9-16)7-6-8-12(10)15-17-13(2,3)14(4,5)18-15;1-6-7(5-10)3-2-4-8(6)9;8-2-6-1-7(3-9)5-10-4-6;8-5-1-4(3-9)6(10)2-7(5)11/h6-11,13-15H,16-17H2,1-5H3;6-11,25H,12H2,1-5H3;6-8H,9H2,1-5H3;6-8,16H,9H2,1-5H3;2-4,10H,5H2,1H3;1,4-5H,2H2;1-3,10-11H. The summed E-state index contributed by atoms with van der Waals surface area (Å²) in [5.74, 6) is 1.24. The van der Waals surface area contributed by atoms with Gasteiger partial charge in [0.2, 0.25) is 0 Å². The molecule has 0 bridgehead atoms. The van der Waals surface area contributed by atoms with E-state index in [1.807, 2.05) is 214 Å². The molecule has 4 aliphatic rings. The fraction of sp³-hybridized carbons (Fsp3) is 0.364. The number of pyridine rings is 2. The van der Waals surface area contributed by atoms with E-state index in [0.717, 1.165) is 93.6 Å². The molecule has 2 aromatic heterocycles. The molecule has 0 radical (unpaired) electrons. The van der Waals surface area contributed by atoms with Gasteiger partial charge in [0.15, 0.2) is 18.9 Å². The fourth-order valence-electron chi connectivity index (χ4n) is 13.2. The number of halogens is 6. The maximum atomic E-state index is 11.6. The molecular formula is C99H112B4BrCl5N4O19. The zero-order chi connectivity index (χ0) is 98.0. The summed E-state index contributed by atoms with van der Waals surface area (Å²) < 4.78 is 67.7. The van der Waals surface area contributed by atoms with Crippen LogP contribution in [-0.2, 0) is 82.0 Å². The van der Waals surface area contributed by atoms with E-state index in [9.17, 15) is 24.6 Å². The Bertz CT molecular complexity index is 5680. The van der Waals surface area contributed by atoms with E-state index in [0.29, 0.717) is 75.1 Å². The summed E-state index contributed by atoms with van der Waals surface area (Å²) in [4.78, 5) is 40.5. The molecule has 132 heavy (non-hydrogen) atoms. The predicted octanol–water partition coefficient (Wildman–Crippen LogP) is 19.6. The summed E-state index contributed by atoms with van der Waals surface area (Å²) in [6.07, 6.45) is 7.91. The Morgan fingerprint density at radius 1 is 0.371 bits per heavy atom. The second kappa shape index (κ2) is 46.3. The summed E-state index contributed by atoms with van der Waals surface area (Å²) in [7, 11) is -1.60. The normalized spacial score (nSPS) is 16.2. The van der Waals surface area contributed by atoms with Crippen molar-refractivity contribution in [1.82, 2.24) is 9.97 Å². The second-order valence-corrected chi connectivity index (χ2v) is 38.2. The van der Waals surface area contributed by atoms with E-state index >= 15 is 0 Å². The Labute approximate surface area is 809 Å². The van der Waals surface area contributed by atoms with Crippen molar-refractivity contribution in [2.75, 3.05) is 0 Å². The molecule has 0 aliphatic carbocycles. The molecule has 4 aliphatic heterocycles. The zero-order valence-corrected chi connectivity index (χ0v) is 83.5. The number of hydrogen-bond donors (Lipinski definition) is 5. The highest BCUT2D eigenvalue weighted by molar-refractivity contribution is 9.10. The van der Waals surface area contributed by atoms with Crippen LogP contribution in [0.25, 0.3) is 0 Å². The molecule has 6 heterocycles. The SMILES string of the molecule is Cc1c(Br)cccc1CO.Cc1c(CCl)cccc1B1OC(C)(C)C(C)(C)O1.Cc1c(CO)cccc1B1OC(C)(C)C(C)(C)O1.Cc1c(COc2cc(O)c(C=O)cc2Cl)cccc1B1OC(C)(C)C(C)(C)O1.Cc1c(COc2cc(OCc3cncc(C#N)c3)c(C=O)cc2Cl)cccc1B1OC(C)(C)C(C)(C)O1.N#Cc1cncc(CCl)c1.O=Cc1cc(Cl)c(O)cc1O. The molecule has 0 atom stereocenters. The predicted molar refractivity (Wildman–Crippen MR) is 524 cm³/mol. The van der Waals surface area contributed by atoms with Crippen molar-refractivity contribution in [3.05, 3.63) is 278 Å². The van der Waals surface area contributed by atoms with Crippen LogP contribution in [0.1, 0.15) is 220 Å². The van der Waals surface area contributed by atoms with Gasteiger partial charge in [-0.25, -0.2) is 0 Å². The van der Waals surface area contributed by atoms with Crippen LogP contribution in [0.3, 0.4) is 0 Å². The molecule has 10 aromatic rings. The maximum Gasteiger partial charge on any atom is 0.495 e. The van der Waals surface area contributed by atoms with Crippen LogP contribution < -0.4 is 36.1 Å². The van der Waals surface area contributed by atoms with Crippen LogP contribution in [0.2, 0.25) is 15.1 Å². The van der Waals surface area contributed by atoms with Gasteiger partial charge in [0.1, 0.15) is 66.5 Å². The lowest BCUT2D eigenvalue weighted by Gasteiger charge is -2.32. The van der Waals surface area contributed by atoms with E-state index in [1.54, 1.807) is 30.6 Å². The number of carbonyl (C=O) groups excluding carboxylic acids is 3. The first kappa shape index (κ1) is 108. The van der Waals surface area contributed by atoms with Gasteiger partial charge < -0.3 is 77.0 Å². The number of aromatic nitrogens is 2. The summed E-state index contributed by atoms with van der Waals surface area (Å²) in [6.45, 7) is 43.4. The number of aliphatic hydroxyl groups excluding tert-OH is 2. The second-order valence-electron chi connectivity index (χ2n) is 35.6. The van der Waals surface area contributed by atoms with E-state index in [4.69, 9.17) is 135 Å². The molecule has 696 valence electrons. The van der Waals surface area contributed by atoms with Crippen molar-refractivity contribution in [3.8, 4) is 46.6 Å². The number of aliphatic hydroxyl groups is 2. The van der Waals surface area contributed by atoms with Gasteiger partial charge >= 0.3 is 28.5 Å². The molecule has 4 fully saturated rings. The highest BCUT2D eigenvalue weighted by Crippen LogP contribution is 2.43. The number of nitriles is 2. The van der Waals surface area contributed by atoms with Gasteiger partial charge in [-0.3, -0.25) is 24.4 Å². The Morgan fingerprint density at radius 3 is 1.05 bits per heavy atom. The van der Waals surface area contributed by atoms with Crippen LogP contribution >= 0.6 is 73.9 Å². The third-order valence-corrected chi connectivity index (χ3v) is 27.0. The molecule has 0 saturated carbocycles. The number of phenolic OH excluding ortho intramolecular Hbond substituents is 3. The third kappa shape index (κ3) is 26.8. The minimum atomic E-state index is -0.477. The number of benzene rings is 8. The summed E-state index contributed by atoms with van der Waals surface area (Å²) in [5, 5.41) is 64.0. The lowest BCUT2D eigenvalue weighted by atomic mass is 9.75. The number of nitrogens with zero attached hydrogens (tertiary/aromatic N) is 4. The average molecular weight is 1960 g/mol. The minimum absolute atomic E-state index is 0.0409. The van der Waals surface area contributed by atoms with Crippen molar-refractivity contribution >= 4 is 143 Å². The molecule has 14 rings (SSSR count). The van der Waals surface area contributed by atoms with Crippen molar-refractivity contribution < 1.29 is 91.4 Å². The average Bonchev–Trinajstić information content (AvgIpc) is 1.63. The number of rotatable bonds is 20. The largest absolute Gasteiger partial charge is 0.507 e. The van der Waals surface area contributed by atoms with Crippen molar-refractivity contribution in [1.29, 1.82) is 10.5 Å². The van der Waals surface area contributed by atoms with Gasteiger partial charge in [-0.15, -0.1) is 23.2 Å². The smallest absolute Gasteiger partial charge is 0.495 e. The number of aldehydes is 3. The number of alkyl halides is 2. The summed E-state index contributed by atoms with van der Waals surface area (Å²) in [5.41, 5.74) is 14.3. The number of aromatic hydroxyl groups is 3. The highest BCUT2D eigenvalue weighted by Gasteiger charge is 2.56. The first-order valence-corrected chi connectivity index (χ1v) is 45.3. The first-order chi connectivity index (χ1) is 61.9. The Morgan fingerprint density at radius 2 is 0.682 bits per heavy atom. The van der Waals surface area contributed by atoms with Crippen LogP contribution in [0.15, 0.2) is 169 Å². The van der Waals surface area contributed by atoms with Gasteiger partial charge in [-0.05, 0) is 265 Å². The molecule has 23 nitrogen and oxygen atoms in total. The van der Waals surface area contributed by atoms with Gasteiger partial charge in [-0.1, -0.05) is 136 Å². The molecule has 0 amide bonds. The highest BCUT2D eigenvalue weighted by atomic mass is 79.9. The van der Waals surface area contributed by atoms with Crippen LogP contribution in [0.5, 0.6) is 34.5 Å². The van der Waals surface area contributed by atoms with Crippen molar-refractivity contribution in [3.63, 3.8) is 0 Å². The van der Waals surface area contributed by atoms with Gasteiger partial charge in [0, 0.05) is 64.8 Å². The monoisotopic (exact) mass is 1960 g/mol. The molecule has 4 saturated heterocycles. The summed E-state index contributed by atoms with van der Waals surface area (Å²) in [6, 6.07) is 45.0. The van der Waals surface area contributed by atoms with Gasteiger partial charge in [-0.2, -0.15) is 10.5 Å². The van der Waals surface area contributed by atoms with Crippen LogP contribution in [-0.4, -0.2) is 128 Å². The van der Waals surface area contributed by atoms with Crippen LogP contribution in [0, 0.1) is 57.3 Å². The number of carbonyl (C=O) groups is 3. The minimum Gasteiger partial charge on any atom is -0.507 e. The lowest BCUT2D eigenvalue weighted by Crippen LogP contribution is -2.41. The zero-order valence-electron chi connectivity index (χ0n) is 78.1. The quantitative estimate of drug-likeness (QED) is 0.0269. The van der Waals surface area contributed by atoms with Crippen molar-refractivity contribution in [2.45, 2.75) is 235 Å². The van der Waals surface area contributed by atoms with Crippen molar-refractivity contribution in [2.24, 2.45) is 0 Å². The molecule has 5 N–H and O–H groups in total. The molecule has 33 heteroatoms. The molecule has 0 spiro atoms. The number of hydrogen-bond acceptors (Lipinski definition) is 23. The van der Waals surface area contributed by atoms with E-state index in [-0.39, 0.29) is 108 Å². The molecule has 8 aromatic carbocycles. The van der Waals surface area contributed by atoms with Gasteiger partial charge in [0.25, 0.3) is 0 Å². The Kier molecular flexibility index (Phi) is 37.8. The van der Waals surface area contributed by atoms with Gasteiger partial charge in [0.05, 0.1) is 101 Å². The first-order valence-electron chi connectivity index (χ1n) is 42.3. The Balaban J connectivity index is 0.000000200. The van der Waals surface area contributed by atoms with E-state index in [1.165, 1.54) is 36.7 Å². The third-order valence-electron chi connectivity index (χ3n) is 24.6. The molecule has 0 unspecified atom stereocenters. The molecular weight excluding hydrogens is 1850 g/mol. The van der Waals surface area contributed by atoms with E-state index < -0.39 is 36.6 Å². The summed E-state index contributed by atoms with van der Waals surface area (Å²) >= 11 is 32.8.